The molecule has 2 heterocycles. The van der Waals surface area contributed by atoms with Crippen molar-refractivity contribution in [1.29, 1.82) is 5.26 Å². The van der Waals surface area contributed by atoms with Crippen LogP contribution in [0.4, 0.5) is 5.82 Å². The van der Waals surface area contributed by atoms with Gasteiger partial charge in [0.25, 0.3) is 5.91 Å². The molecule has 6 nitrogen and oxygen atoms in total. The van der Waals surface area contributed by atoms with E-state index < -0.39 is 11.5 Å². The fourth-order valence-corrected chi connectivity index (χ4v) is 3.23. The van der Waals surface area contributed by atoms with Gasteiger partial charge in [-0.15, -0.1) is 0 Å². The highest BCUT2D eigenvalue weighted by molar-refractivity contribution is 6.04. The Morgan fingerprint density at radius 3 is 2.85 bits per heavy atom. The highest BCUT2D eigenvalue weighted by atomic mass is 16.4. The second kappa shape index (κ2) is 6.45. The van der Waals surface area contributed by atoms with E-state index in [1.165, 1.54) is 6.07 Å². The van der Waals surface area contributed by atoms with E-state index in [4.69, 9.17) is 4.42 Å². The molecule has 128 valence electrons. The van der Waals surface area contributed by atoms with Crippen LogP contribution in [-0.2, 0) is 12.8 Å². The molecule has 0 saturated carbocycles. The number of benzene rings is 1. The number of anilines is 1. The first-order valence-corrected chi connectivity index (χ1v) is 8.43. The van der Waals surface area contributed by atoms with Gasteiger partial charge in [-0.25, -0.2) is 9.78 Å². The molecule has 0 aliphatic heterocycles. The van der Waals surface area contributed by atoms with E-state index in [9.17, 15) is 14.9 Å². The molecule has 1 amide bonds. The third kappa shape index (κ3) is 2.84. The maximum atomic E-state index is 12.6. The maximum absolute atomic E-state index is 12.6. The van der Waals surface area contributed by atoms with Crippen molar-refractivity contribution in [2.75, 3.05) is 5.32 Å². The van der Waals surface area contributed by atoms with Crippen LogP contribution in [0.3, 0.4) is 0 Å². The zero-order valence-electron chi connectivity index (χ0n) is 13.9. The van der Waals surface area contributed by atoms with Crippen LogP contribution in [0.25, 0.3) is 10.8 Å². The molecule has 0 bridgehead atoms. The molecule has 2 aromatic heterocycles. The van der Waals surface area contributed by atoms with Crippen molar-refractivity contribution < 1.29 is 9.21 Å². The van der Waals surface area contributed by atoms with Crippen LogP contribution in [0, 0.1) is 11.3 Å². The van der Waals surface area contributed by atoms with Gasteiger partial charge in [0.1, 0.15) is 6.07 Å². The molecular formula is C20H15N3O3. The van der Waals surface area contributed by atoms with Crippen molar-refractivity contribution in [3.63, 3.8) is 0 Å². The molecule has 26 heavy (non-hydrogen) atoms. The Bertz CT molecular complexity index is 1130. The van der Waals surface area contributed by atoms with E-state index in [1.54, 1.807) is 30.3 Å². The van der Waals surface area contributed by atoms with E-state index in [-0.39, 0.29) is 11.6 Å². The molecule has 1 aliphatic rings. The molecule has 4 rings (SSSR count). The SMILES string of the molecule is N#Cc1cc2c(nc1NC(=O)c1cc3ccccc3c(=O)o1)CCCC2. The minimum atomic E-state index is -0.604. The van der Waals surface area contributed by atoms with E-state index >= 15 is 0 Å². The lowest BCUT2D eigenvalue weighted by Gasteiger charge is -2.16. The summed E-state index contributed by atoms with van der Waals surface area (Å²) in [6.45, 7) is 0. The number of aryl methyl sites for hydroxylation is 2. The first-order chi connectivity index (χ1) is 12.7. The zero-order valence-corrected chi connectivity index (χ0v) is 13.9. The van der Waals surface area contributed by atoms with Gasteiger partial charge in [0.15, 0.2) is 11.6 Å². The fraction of sp³-hybridized carbons (Fsp3) is 0.200. The summed E-state index contributed by atoms with van der Waals surface area (Å²) in [5, 5.41) is 13.0. The number of carbonyl (C=O) groups excluding carboxylic acids is 1. The number of fused-ring (bicyclic) bond motifs is 2. The Morgan fingerprint density at radius 2 is 2.00 bits per heavy atom. The van der Waals surface area contributed by atoms with Gasteiger partial charge in [-0.2, -0.15) is 5.26 Å². The normalized spacial score (nSPS) is 13.0. The first-order valence-electron chi connectivity index (χ1n) is 8.43. The Hall–Kier alpha value is -3.46. The summed E-state index contributed by atoms with van der Waals surface area (Å²) in [7, 11) is 0. The number of nitriles is 1. The molecule has 3 aromatic rings. The number of hydrogen-bond donors (Lipinski definition) is 1. The number of hydrogen-bond acceptors (Lipinski definition) is 5. The van der Waals surface area contributed by atoms with Crippen molar-refractivity contribution in [1.82, 2.24) is 4.98 Å². The first kappa shape index (κ1) is 16.0. The van der Waals surface area contributed by atoms with Gasteiger partial charge in [-0.05, 0) is 54.8 Å². The summed E-state index contributed by atoms with van der Waals surface area (Å²) in [5.74, 6) is -0.515. The topological polar surface area (TPSA) is 96.0 Å². The third-order valence-corrected chi connectivity index (χ3v) is 4.55. The lowest BCUT2D eigenvalue weighted by atomic mass is 9.95. The van der Waals surface area contributed by atoms with Gasteiger partial charge < -0.3 is 9.73 Å². The number of nitrogens with zero attached hydrogens (tertiary/aromatic N) is 2. The van der Waals surface area contributed by atoms with E-state index in [0.29, 0.717) is 16.3 Å². The second-order valence-electron chi connectivity index (χ2n) is 6.25. The molecule has 0 fully saturated rings. The third-order valence-electron chi connectivity index (χ3n) is 4.55. The number of aromatic nitrogens is 1. The minimum absolute atomic E-state index is 0.114. The van der Waals surface area contributed by atoms with Crippen LogP contribution >= 0.6 is 0 Å². The van der Waals surface area contributed by atoms with E-state index in [0.717, 1.165) is 36.9 Å². The molecule has 0 saturated heterocycles. The molecule has 1 aromatic carbocycles. The maximum Gasteiger partial charge on any atom is 0.344 e. The predicted molar refractivity (Wildman–Crippen MR) is 96.0 cm³/mol. The van der Waals surface area contributed by atoms with Crippen LogP contribution in [0.5, 0.6) is 0 Å². The molecule has 0 atom stereocenters. The summed E-state index contributed by atoms with van der Waals surface area (Å²) in [6, 6.07) is 12.3. The zero-order chi connectivity index (χ0) is 18.1. The highest BCUT2D eigenvalue weighted by Gasteiger charge is 2.19. The number of nitrogens with one attached hydrogen (secondary N) is 1. The molecule has 0 unspecified atom stereocenters. The standard InChI is InChI=1S/C20H15N3O3/c21-11-14-9-13-6-2-4-8-16(13)22-18(14)23-19(24)17-10-12-5-1-3-7-15(12)20(25)26-17/h1,3,5,7,9-10H,2,4,6,8H2,(H,22,23,24). The monoisotopic (exact) mass is 345 g/mol. The molecular weight excluding hydrogens is 330 g/mol. The van der Waals surface area contributed by atoms with Gasteiger partial charge >= 0.3 is 5.63 Å². The van der Waals surface area contributed by atoms with Crippen molar-refractivity contribution in [2.24, 2.45) is 0 Å². The number of rotatable bonds is 2. The highest BCUT2D eigenvalue weighted by Crippen LogP contribution is 2.24. The lowest BCUT2D eigenvalue weighted by molar-refractivity contribution is 0.0992. The number of amides is 1. The largest absolute Gasteiger partial charge is 0.417 e. The Balaban J connectivity index is 1.71. The number of pyridine rings is 1. The van der Waals surface area contributed by atoms with Gasteiger partial charge in [0.2, 0.25) is 0 Å². The lowest BCUT2D eigenvalue weighted by Crippen LogP contribution is -2.18. The fourth-order valence-electron chi connectivity index (χ4n) is 3.23. The van der Waals surface area contributed by atoms with Gasteiger partial charge in [-0.3, -0.25) is 4.79 Å². The smallest absolute Gasteiger partial charge is 0.344 e. The van der Waals surface area contributed by atoms with Gasteiger partial charge in [0, 0.05) is 5.69 Å². The second-order valence-corrected chi connectivity index (χ2v) is 6.25. The van der Waals surface area contributed by atoms with Gasteiger partial charge in [0.05, 0.1) is 10.9 Å². The summed E-state index contributed by atoms with van der Waals surface area (Å²) in [4.78, 5) is 29.1. The average molecular weight is 345 g/mol. The average Bonchev–Trinajstić information content (AvgIpc) is 2.67. The molecule has 0 radical (unpaired) electrons. The summed E-state index contributed by atoms with van der Waals surface area (Å²) in [5.41, 5.74) is 1.70. The Morgan fingerprint density at radius 1 is 1.19 bits per heavy atom. The predicted octanol–water partition coefficient (Wildman–Crippen LogP) is 3.19. The van der Waals surface area contributed by atoms with Crippen molar-refractivity contribution in [2.45, 2.75) is 25.7 Å². The Kier molecular flexibility index (Phi) is 3.98. The molecule has 1 aliphatic carbocycles. The van der Waals surface area contributed by atoms with Crippen LogP contribution in [0.2, 0.25) is 0 Å². The van der Waals surface area contributed by atoms with Crippen LogP contribution < -0.4 is 10.9 Å². The minimum Gasteiger partial charge on any atom is -0.417 e. The van der Waals surface area contributed by atoms with E-state index in [1.807, 2.05) is 0 Å². The van der Waals surface area contributed by atoms with Crippen molar-refractivity contribution >= 4 is 22.5 Å². The van der Waals surface area contributed by atoms with Crippen LogP contribution in [0.1, 0.15) is 40.2 Å². The van der Waals surface area contributed by atoms with E-state index in [2.05, 4.69) is 16.4 Å². The van der Waals surface area contributed by atoms with Crippen molar-refractivity contribution in [3.8, 4) is 6.07 Å². The summed E-state index contributed by atoms with van der Waals surface area (Å²) >= 11 is 0. The molecule has 0 spiro atoms. The molecule has 6 heteroatoms. The van der Waals surface area contributed by atoms with Crippen molar-refractivity contribution in [3.05, 3.63) is 69.4 Å². The van der Waals surface area contributed by atoms with Crippen LogP contribution in [-0.4, -0.2) is 10.9 Å². The summed E-state index contributed by atoms with van der Waals surface area (Å²) in [6.07, 6.45) is 3.84. The van der Waals surface area contributed by atoms with Crippen LogP contribution in [0.15, 0.2) is 45.6 Å². The molecule has 1 N–H and O–H groups in total. The number of carbonyl (C=O) groups is 1. The Labute approximate surface area is 149 Å². The summed E-state index contributed by atoms with van der Waals surface area (Å²) < 4.78 is 5.13. The van der Waals surface area contributed by atoms with Gasteiger partial charge in [-0.1, -0.05) is 18.2 Å². The quantitative estimate of drug-likeness (QED) is 0.769.